The molecule has 0 bridgehead atoms. The van der Waals surface area contributed by atoms with Gasteiger partial charge < -0.3 is 29.7 Å². The highest BCUT2D eigenvalue weighted by Crippen LogP contribution is 2.19. The SMILES string of the molecule is COc1ccc(C(=O)N(Cc2cccs2)C[C@H](CCCCNC(=O)OCc2ccccc2)NC(=O)OC(C)(C)C)cc1. The average molecular weight is 596 g/mol. The molecule has 0 saturated carbocycles. The molecule has 3 rings (SSSR count). The highest BCUT2D eigenvalue weighted by molar-refractivity contribution is 7.09. The number of ether oxygens (including phenoxy) is 3. The van der Waals surface area contributed by atoms with Gasteiger partial charge in [-0.15, -0.1) is 11.3 Å². The van der Waals surface area contributed by atoms with Crippen LogP contribution in [-0.4, -0.2) is 54.8 Å². The number of hydrogen-bond donors (Lipinski definition) is 2. The summed E-state index contributed by atoms with van der Waals surface area (Å²) in [6.45, 7) is 6.74. The van der Waals surface area contributed by atoms with Crippen molar-refractivity contribution < 1.29 is 28.6 Å². The first-order valence-electron chi connectivity index (χ1n) is 14.0. The predicted octanol–water partition coefficient (Wildman–Crippen LogP) is 6.39. The van der Waals surface area contributed by atoms with Crippen molar-refractivity contribution in [2.75, 3.05) is 20.2 Å². The summed E-state index contributed by atoms with van der Waals surface area (Å²) >= 11 is 1.57. The molecule has 1 atom stereocenters. The molecule has 2 N–H and O–H groups in total. The zero-order valence-corrected chi connectivity index (χ0v) is 25.6. The number of carbonyl (C=O) groups excluding carboxylic acids is 3. The van der Waals surface area contributed by atoms with Gasteiger partial charge in [0.25, 0.3) is 5.91 Å². The summed E-state index contributed by atoms with van der Waals surface area (Å²) in [6.07, 6.45) is 0.932. The average Bonchev–Trinajstić information content (AvgIpc) is 3.48. The monoisotopic (exact) mass is 595 g/mol. The van der Waals surface area contributed by atoms with Gasteiger partial charge in [-0.25, -0.2) is 9.59 Å². The van der Waals surface area contributed by atoms with Crippen molar-refractivity contribution in [3.05, 3.63) is 88.1 Å². The number of nitrogens with zero attached hydrogens (tertiary/aromatic N) is 1. The van der Waals surface area contributed by atoms with Crippen LogP contribution in [0.4, 0.5) is 9.59 Å². The van der Waals surface area contributed by atoms with Gasteiger partial charge in [-0.05, 0) is 81.3 Å². The Labute approximate surface area is 252 Å². The first kappa shape index (κ1) is 32.5. The van der Waals surface area contributed by atoms with E-state index >= 15 is 0 Å². The lowest BCUT2D eigenvalue weighted by Crippen LogP contribution is -2.47. The normalized spacial score (nSPS) is 11.7. The van der Waals surface area contributed by atoms with E-state index in [0.717, 1.165) is 10.4 Å². The van der Waals surface area contributed by atoms with Gasteiger partial charge in [0, 0.05) is 29.6 Å². The highest BCUT2D eigenvalue weighted by Gasteiger charge is 2.24. The van der Waals surface area contributed by atoms with Crippen molar-refractivity contribution >= 4 is 29.4 Å². The van der Waals surface area contributed by atoms with Crippen molar-refractivity contribution in [3.8, 4) is 5.75 Å². The largest absolute Gasteiger partial charge is 0.497 e. The molecule has 0 radical (unpaired) electrons. The molecule has 0 unspecified atom stereocenters. The summed E-state index contributed by atoms with van der Waals surface area (Å²) in [5, 5.41) is 7.71. The Morgan fingerprint density at radius 3 is 2.31 bits per heavy atom. The number of rotatable bonds is 14. The molecular formula is C32H41N3O6S. The van der Waals surface area contributed by atoms with Crippen LogP contribution in [0.1, 0.15) is 60.8 Å². The highest BCUT2D eigenvalue weighted by atomic mass is 32.1. The van der Waals surface area contributed by atoms with Gasteiger partial charge in [-0.1, -0.05) is 36.4 Å². The Bertz CT molecular complexity index is 1240. The molecule has 1 heterocycles. The number of nitrogens with one attached hydrogen (secondary N) is 2. The van der Waals surface area contributed by atoms with Gasteiger partial charge in [0.05, 0.1) is 13.7 Å². The Morgan fingerprint density at radius 2 is 1.67 bits per heavy atom. The standard InChI is InChI=1S/C32H41N3O6S/c1-32(2,3)41-31(38)34-26(13-8-9-19-33-30(37)40-23-24-11-6-5-7-12-24)21-35(22-28-14-10-20-42-28)29(36)25-15-17-27(39-4)18-16-25/h5-7,10-12,14-18,20,26H,8-9,13,19,21-23H2,1-4H3,(H,33,37)(H,34,38)/t26-/m0/s1. The van der Waals surface area contributed by atoms with Crippen LogP contribution in [0.5, 0.6) is 5.75 Å². The molecule has 226 valence electrons. The molecule has 10 heteroatoms. The van der Waals surface area contributed by atoms with E-state index in [-0.39, 0.29) is 25.1 Å². The van der Waals surface area contributed by atoms with Crippen LogP contribution in [0, 0.1) is 0 Å². The van der Waals surface area contributed by atoms with Crippen molar-refractivity contribution in [1.29, 1.82) is 0 Å². The quantitative estimate of drug-likeness (QED) is 0.209. The molecule has 0 fully saturated rings. The minimum Gasteiger partial charge on any atom is -0.497 e. The molecule has 2 aromatic carbocycles. The van der Waals surface area contributed by atoms with Crippen LogP contribution in [-0.2, 0) is 22.6 Å². The lowest BCUT2D eigenvalue weighted by atomic mass is 10.1. The minimum absolute atomic E-state index is 0.148. The van der Waals surface area contributed by atoms with E-state index in [1.54, 1.807) is 68.4 Å². The second-order valence-corrected chi connectivity index (χ2v) is 11.9. The molecule has 0 saturated heterocycles. The van der Waals surface area contributed by atoms with Gasteiger partial charge in [-0.2, -0.15) is 0 Å². The molecular weight excluding hydrogens is 554 g/mol. The lowest BCUT2D eigenvalue weighted by Gasteiger charge is -2.29. The fourth-order valence-electron chi connectivity index (χ4n) is 4.16. The van der Waals surface area contributed by atoms with Gasteiger partial charge >= 0.3 is 12.2 Å². The zero-order chi connectivity index (χ0) is 30.4. The summed E-state index contributed by atoms with van der Waals surface area (Å²) < 4.78 is 16.0. The lowest BCUT2D eigenvalue weighted by molar-refractivity contribution is 0.0472. The second kappa shape index (κ2) is 16.4. The van der Waals surface area contributed by atoms with Gasteiger partial charge in [0.15, 0.2) is 0 Å². The Morgan fingerprint density at radius 1 is 0.929 bits per heavy atom. The molecule has 42 heavy (non-hydrogen) atoms. The topological polar surface area (TPSA) is 106 Å². The van der Waals surface area contributed by atoms with Gasteiger partial charge in [-0.3, -0.25) is 4.79 Å². The van der Waals surface area contributed by atoms with Crippen LogP contribution >= 0.6 is 11.3 Å². The third kappa shape index (κ3) is 11.8. The zero-order valence-electron chi connectivity index (χ0n) is 24.8. The number of amides is 3. The molecule has 0 aliphatic rings. The van der Waals surface area contributed by atoms with E-state index < -0.39 is 17.8 Å². The summed E-state index contributed by atoms with van der Waals surface area (Å²) in [5.74, 6) is 0.517. The Balaban J connectivity index is 1.61. The molecule has 3 aromatic rings. The Hall–Kier alpha value is -4.05. The molecule has 9 nitrogen and oxygen atoms in total. The van der Waals surface area contributed by atoms with Gasteiger partial charge in [0.2, 0.25) is 0 Å². The summed E-state index contributed by atoms with van der Waals surface area (Å²) in [5.41, 5.74) is 0.787. The van der Waals surface area contributed by atoms with E-state index in [2.05, 4.69) is 10.6 Å². The van der Waals surface area contributed by atoms with E-state index in [4.69, 9.17) is 14.2 Å². The molecule has 3 amide bonds. The molecule has 0 aliphatic heterocycles. The smallest absolute Gasteiger partial charge is 0.407 e. The van der Waals surface area contributed by atoms with Crippen molar-refractivity contribution in [1.82, 2.24) is 15.5 Å². The maximum absolute atomic E-state index is 13.6. The maximum atomic E-state index is 13.6. The number of alkyl carbamates (subject to hydrolysis) is 2. The van der Waals surface area contributed by atoms with E-state index in [0.29, 0.717) is 43.7 Å². The fraction of sp³-hybridized carbons (Fsp3) is 0.406. The first-order valence-corrected chi connectivity index (χ1v) is 14.9. The number of methoxy groups -OCH3 is 1. The molecule has 1 aromatic heterocycles. The summed E-state index contributed by atoms with van der Waals surface area (Å²) in [4.78, 5) is 41.2. The first-order chi connectivity index (χ1) is 20.1. The molecule has 0 aliphatic carbocycles. The van der Waals surface area contributed by atoms with Crippen LogP contribution in [0.25, 0.3) is 0 Å². The number of unbranched alkanes of at least 4 members (excludes halogenated alkanes) is 1. The predicted molar refractivity (Wildman–Crippen MR) is 164 cm³/mol. The van der Waals surface area contributed by atoms with Gasteiger partial charge in [0.1, 0.15) is 18.0 Å². The number of hydrogen-bond acceptors (Lipinski definition) is 7. The van der Waals surface area contributed by atoms with Crippen molar-refractivity contribution in [2.45, 2.75) is 64.8 Å². The van der Waals surface area contributed by atoms with Crippen LogP contribution in [0.3, 0.4) is 0 Å². The van der Waals surface area contributed by atoms with E-state index in [1.165, 1.54) is 0 Å². The summed E-state index contributed by atoms with van der Waals surface area (Å²) in [6, 6.07) is 20.0. The molecule has 0 spiro atoms. The summed E-state index contributed by atoms with van der Waals surface area (Å²) in [7, 11) is 1.58. The number of thiophene rings is 1. The number of benzene rings is 2. The van der Waals surface area contributed by atoms with Crippen LogP contribution in [0.15, 0.2) is 72.1 Å². The maximum Gasteiger partial charge on any atom is 0.407 e. The Kier molecular flexibility index (Phi) is 12.7. The van der Waals surface area contributed by atoms with E-state index in [9.17, 15) is 14.4 Å². The van der Waals surface area contributed by atoms with Crippen molar-refractivity contribution in [3.63, 3.8) is 0 Å². The fourth-order valence-corrected chi connectivity index (χ4v) is 4.88. The van der Waals surface area contributed by atoms with Crippen LogP contribution < -0.4 is 15.4 Å². The third-order valence-corrected chi connectivity index (χ3v) is 7.04. The van der Waals surface area contributed by atoms with Crippen LogP contribution in [0.2, 0.25) is 0 Å². The van der Waals surface area contributed by atoms with E-state index in [1.807, 2.05) is 47.8 Å². The second-order valence-electron chi connectivity index (χ2n) is 10.8. The van der Waals surface area contributed by atoms with Crippen molar-refractivity contribution in [2.24, 2.45) is 0 Å². The number of carbonyl (C=O) groups is 3. The third-order valence-electron chi connectivity index (χ3n) is 6.17. The minimum atomic E-state index is -0.658.